The molecule has 0 bridgehead atoms. The molecule has 5 aromatic rings. The van der Waals surface area contributed by atoms with E-state index in [2.05, 4.69) is 72.3 Å². The maximum absolute atomic E-state index is 13.1. The number of fused-ring (bicyclic) bond motifs is 1. The average molecular weight is 572 g/mol. The molecule has 4 aromatic carbocycles. The first-order chi connectivity index (χ1) is 19.2. The molecule has 0 aliphatic carbocycles. The van der Waals surface area contributed by atoms with Crippen molar-refractivity contribution in [1.29, 1.82) is 0 Å². The molecule has 0 saturated carbocycles. The van der Waals surface area contributed by atoms with E-state index in [4.69, 9.17) is 32.8 Å². The van der Waals surface area contributed by atoms with Gasteiger partial charge in [0.2, 0.25) is 0 Å². The number of hydrogen-bond donors (Lipinski definition) is 1. The number of hydrogen-bond acceptors (Lipinski definition) is 3. The standard InChI is InChI=1S/C32H28Cl2N2O.CO2/c1-20-22(3)36(19-23-12-14-25(15-13-23)24-8-5-4-6-9-24)30-17-16-26(18-28(20)30)32(37)35-21(2)27-10-7-11-29(33)31(27)34;2-1-3/h4-18,21H,19H2,1-3H3,(H,35,37);/t21-;/m1./s1. The lowest BCUT2D eigenvalue weighted by Crippen LogP contribution is -2.26. The number of nitrogens with zero attached hydrogens (tertiary/aromatic N) is 1. The van der Waals surface area contributed by atoms with E-state index in [1.807, 2.05) is 43.3 Å². The summed E-state index contributed by atoms with van der Waals surface area (Å²) in [5, 5.41) is 5.08. The topological polar surface area (TPSA) is 68.2 Å². The van der Waals surface area contributed by atoms with Crippen LogP contribution in [-0.4, -0.2) is 16.6 Å². The molecule has 40 heavy (non-hydrogen) atoms. The van der Waals surface area contributed by atoms with E-state index in [1.165, 1.54) is 27.9 Å². The van der Waals surface area contributed by atoms with Crippen molar-refractivity contribution < 1.29 is 14.4 Å². The van der Waals surface area contributed by atoms with Gasteiger partial charge in [0.1, 0.15) is 0 Å². The molecule has 0 spiro atoms. The Balaban J connectivity index is 0.00000118. The second kappa shape index (κ2) is 12.8. The Kier molecular flexibility index (Phi) is 9.23. The van der Waals surface area contributed by atoms with Gasteiger partial charge in [0.05, 0.1) is 16.1 Å². The molecule has 0 unspecified atom stereocenters. The molecule has 1 aromatic heterocycles. The Morgan fingerprint density at radius 2 is 1.52 bits per heavy atom. The highest BCUT2D eigenvalue weighted by atomic mass is 35.5. The van der Waals surface area contributed by atoms with Gasteiger partial charge < -0.3 is 9.88 Å². The highest BCUT2D eigenvalue weighted by Crippen LogP contribution is 2.31. The first-order valence-electron chi connectivity index (χ1n) is 12.7. The maximum atomic E-state index is 13.1. The van der Waals surface area contributed by atoms with Crippen molar-refractivity contribution in [3.05, 3.63) is 129 Å². The molecule has 1 N–H and O–H groups in total. The predicted molar refractivity (Wildman–Crippen MR) is 160 cm³/mol. The third-order valence-electron chi connectivity index (χ3n) is 7.10. The lowest BCUT2D eigenvalue weighted by molar-refractivity contribution is -0.191. The minimum atomic E-state index is -0.277. The number of aryl methyl sites for hydroxylation is 1. The molecule has 5 rings (SSSR count). The van der Waals surface area contributed by atoms with Crippen molar-refractivity contribution in [2.24, 2.45) is 0 Å². The van der Waals surface area contributed by atoms with E-state index in [9.17, 15) is 4.79 Å². The lowest BCUT2D eigenvalue weighted by atomic mass is 10.0. The van der Waals surface area contributed by atoms with E-state index < -0.39 is 0 Å². The molecule has 1 amide bonds. The van der Waals surface area contributed by atoms with Crippen LogP contribution < -0.4 is 5.32 Å². The van der Waals surface area contributed by atoms with Crippen molar-refractivity contribution in [3.63, 3.8) is 0 Å². The average Bonchev–Trinajstić information content (AvgIpc) is 3.20. The predicted octanol–water partition coefficient (Wildman–Crippen LogP) is 8.19. The van der Waals surface area contributed by atoms with Crippen LogP contribution in [0.25, 0.3) is 22.0 Å². The van der Waals surface area contributed by atoms with Crippen LogP contribution in [0.3, 0.4) is 0 Å². The van der Waals surface area contributed by atoms with Gasteiger partial charge in [0, 0.05) is 28.7 Å². The largest absolute Gasteiger partial charge is 0.373 e. The van der Waals surface area contributed by atoms with Gasteiger partial charge in [-0.05, 0) is 72.9 Å². The number of carbonyl (C=O) groups is 1. The van der Waals surface area contributed by atoms with E-state index in [1.54, 1.807) is 6.07 Å². The molecule has 5 nitrogen and oxygen atoms in total. The summed E-state index contributed by atoms with van der Waals surface area (Å²) >= 11 is 12.5. The fourth-order valence-corrected chi connectivity index (χ4v) is 5.29. The molecule has 7 heteroatoms. The first-order valence-corrected chi connectivity index (χ1v) is 13.5. The highest BCUT2D eigenvalue weighted by molar-refractivity contribution is 6.42. The number of aromatic nitrogens is 1. The zero-order valence-electron chi connectivity index (χ0n) is 22.4. The van der Waals surface area contributed by atoms with Crippen LogP contribution >= 0.6 is 23.2 Å². The smallest absolute Gasteiger partial charge is 0.345 e. The van der Waals surface area contributed by atoms with E-state index in [-0.39, 0.29) is 18.1 Å². The van der Waals surface area contributed by atoms with Gasteiger partial charge >= 0.3 is 6.15 Å². The second-order valence-electron chi connectivity index (χ2n) is 9.51. The quantitative estimate of drug-likeness (QED) is 0.224. The van der Waals surface area contributed by atoms with Gasteiger partial charge in [0.25, 0.3) is 5.91 Å². The van der Waals surface area contributed by atoms with Crippen LogP contribution in [0, 0.1) is 13.8 Å². The van der Waals surface area contributed by atoms with Crippen LogP contribution in [0.5, 0.6) is 0 Å². The van der Waals surface area contributed by atoms with Crippen LogP contribution in [0.1, 0.15) is 45.7 Å². The Morgan fingerprint density at radius 1 is 0.875 bits per heavy atom. The van der Waals surface area contributed by atoms with E-state index in [0.717, 1.165) is 23.0 Å². The molecule has 0 saturated heterocycles. The summed E-state index contributed by atoms with van der Waals surface area (Å²) in [6.45, 7) is 6.92. The highest BCUT2D eigenvalue weighted by Gasteiger charge is 2.18. The Bertz CT molecular complexity index is 1690. The summed E-state index contributed by atoms with van der Waals surface area (Å²) in [4.78, 5) is 29.4. The SMILES string of the molecule is Cc1c(C)n(Cc2ccc(-c3ccccc3)cc2)c2ccc(C(=O)N[C@H](C)c3cccc(Cl)c3Cl)cc12.O=C=O. The monoisotopic (exact) mass is 570 g/mol. The summed E-state index contributed by atoms with van der Waals surface area (Å²) in [5.41, 5.74) is 8.54. The third kappa shape index (κ3) is 6.19. The molecule has 0 aliphatic rings. The second-order valence-corrected chi connectivity index (χ2v) is 10.3. The fourth-order valence-electron chi connectivity index (χ4n) is 4.82. The van der Waals surface area contributed by atoms with Crippen molar-refractivity contribution >= 4 is 46.2 Å². The molecule has 0 fully saturated rings. The summed E-state index contributed by atoms with van der Waals surface area (Å²) < 4.78 is 2.32. The van der Waals surface area contributed by atoms with Gasteiger partial charge in [-0.3, -0.25) is 4.79 Å². The Labute approximate surface area is 243 Å². The Hall–Kier alpha value is -4.15. The molecular weight excluding hydrogens is 543 g/mol. The molecule has 1 heterocycles. The van der Waals surface area contributed by atoms with Gasteiger partial charge in [-0.2, -0.15) is 9.59 Å². The molecule has 0 aliphatic heterocycles. The number of rotatable bonds is 6. The van der Waals surface area contributed by atoms with Crippen molar-refractivity contribution in [1.82, 2.24) is 9.88 Å². The zero-order valence-corrected chi connectivity index (χ0v) is 23.9. The maximum Gasteiger partial charge on any atom is 0.373 e. The van der Waals surface area contributed by atoms with Crippen LogP contribution in [0.4, 0.5) is 0 Å². The summed E-state index contributed by atoms with van der Waals surface area (Å²) in [7, 11) is 0. The van der Waals surface area contributed by atoms with Crippen molar-refractivity contribution in [3.8, 4) is 11.1 Å². The third-order valence-corrected chi connectivity index (χ3v) is 7.93. The number of amides is 1. The van der Waals surface area contributed by atoms with Crippen LogP contribution in [0.2, 0.25) is 10.0 Å². The lowest BCUT2D eigenvalue weighted by Gasteiger charge is -2.16. The van der Waals surface area contributed by atoms with E-state index >= 15 is 0 Å². The van der Waals surface area contributed by atoms with Crippen molar-refractivity contribution in [2.45, 2.75) is 33.4 Å². The normalized spacial score (nSPS) is 11.3. The van der Waals surface area contributed by atoms with Crippen LogP contribution in [0.15, 0.2) is 91.0 Å². The first kappa shape index (κ1) is 28.8. The van der Waals surface area contributed by atoms with E-state index in [0.29, 0.717) is 15.6 Å². The number of halogens is 2. The van der Waals surface area contributed by atoms with Gasteiger partial charge in [-0.1, -0.05) is 89.9 Å². The van der Waals surface area contributed by atoms with Gasteiger partial charge in [-0.25, -0.2) is 0 Å². The van der Waals surface area contributed by atoms with Gasteiger partial charge in [0.15, 0.2) is 0 Å². The molecular formula is C33H28Cl2N2O3. The molecule has 202 valence electrons. The number of carbonyl (C=O) groups excluding carboxylic acids is 3. The summed E-state index contributed by atoms with van der Waals surface area (Å²) in [6, 6.07) is 30.2. The Morgan fingerprint density at radius 3 is 2.20 bits per heavy atom. The van der Waals surface area contributed by atoms with Gasteiger partial charge in [-0.15, -0.1) is 0 Å². The summed E-state index contributed by atoms with van der Waals surface area (Å²) in [6.07, 6.45) is 0.250. The molecule has 0 radical (unpaired) electrons. The molecule has 1 atom stereocenters. The number of benzene rings is 4. The van der Waals surface area contributed by atoms with Crippen LogP contribution in [-0.2, 0) is 16.1 Å². The summed E-state index contributed by atoms with van der Waals surface area (Å²) in [5.74, 6) is -0.147. The zero-order chi connectivity index (χ0) is 28.8. The van der Waals surface area contributed by atoms with Crippen molar-refractivity contribution in [2.75, 3.05) is 0 Å². The minimum Gasteiger partial charge on any atom is -0.345 e. The fraction of sp³-hybridized carbons (Fsp3) is 0.152. The number of nitrogens with one attached hydrogen (secondary N) is 1. The minimum absolute atomic E-state index is 0.147.